The van der Waals surface area contributed by atoms with Crippen LogP contribution in [0, 0.1) is 3.57 Å². The molecule has 2 aromatic rings. The summed E-state index contributed by atoms with van der Waals surface area (Å²) in [7, 11) is 1.61. The molecule has 84 valence electrons. The van der Waals surface area contributed by atoms with E-state index < -0.39 is 0 Å². The highest BCUT2D eigenvalue weighted by Gasteiger charge is 2.15. The summed E-state index contributed by atoms with van der Waals surface area (Å²) in [5.41, 5.74) is 0.797. The Morgan fingerprint density at radius 3 is 2.69 bits per heavy atom. The van der Waals surface area contributed by atoms with E-state index in [1.807, 2.05) is 6.07 Å². The van der Waals surface area contributed by atoms with Crippen LogP contribution in [-0.4, -0.2) is 12.1 Å². The summed E-state index contributed by atoms with van der Waals surface area (Å²) in [6, 6.07) is 1.90. The highest BCUT2D eigenvalue weighted by molar-refractivity contribution is 14.1. The van der Waals surface area contributed by atoms with Crippen LogP contribution in [-0.2, 0) is 0 Å². The lowest BCUT2D eigenvalue weighted by Gasteiger charge is -2.11. The highest BCUT2D eigenvalue weighted by Crippen LogP contribution is 2.42. The van der Waals surface area contributed by atoms with Gasteiger partial charge in [-0.1, -0.05) is 11.6 Å². The van der Waals surface area contributed by atoms with Crippen molar-refractivity contribution in [1.29, 1.82) is 0 Å². The first-order valence-electron chi connectivity index (χ1n) is 4.22. The Bertz CT molecular complexity index is 576. The SMILES string of the molecule is COc1c(Br)cc(Br)c2ncc(I)c(Cl)c12. The summed E-state index contributed by atoms with van der Waals surface area (Å²) in [5, 5.41) is 1.47. The Kier molecular flexibility index (Phi) is 3.98. The van der Waals surface area contributed by atoms with Crippen LogP contribution >= 0.6 is 66.1 Å². The zero-order chi connectivity index (χ0) is 11.9. The molecule has 0 bridgehead atoms. The molecule has 0 spiro atoms. The Hall–Kier alpha value is 0.410. The maximum absolute atomic E-state index is 6.28. The lowest BCUT2D eigenvalue weighted by atomic mass is 10.2. The second kappa shape index (κ2) is 4.96. The molecule has 0 aliphatic rings. The summed E-state index contributed by atoms with van der Waals surface area (Å²) in [5.74, 6) is 0.703. The zero-order valence-corrected chi connectivity index (χ0v) is 14.1. The lowest BCUT2D eigenvalue weighted by molar-refractivity contribution is 0.417. The number of hydrogen-bond acceptors (Lipinski definition) is 2. The molecule has 0 saturated heterocycles. The quantitative estimate of drug-likeness (QED) is 0.538. The van der Waals surface area contributed by atoms with Crippen molar-refractivity contribution in [2.75, 3.05) is 7.11 Å². The molecule has 0 radical (unpaired) electrons. The van der Waals surface area contributed by atoms with Crippen LogP contribution in [0.3, 0.4) is 0 Å². The Morgan fingerprint density at radius 1 is 1.38 bits per heavy atom. The van der Waals surface area contributed by atoms with Gasteiger partial charge in [0, 0.05) is 10.7 Å². The first-order chi connectivity index (χ1) is 7.56. The number of pyridine rings is 1. The summed E-state index contributed by atoms with van der Waals surface area (Å²) < 4.78 is 7.98. The smallest absolute Gasteiger partial charge is 0.144 e. The van der Waals surface area contributed by atoms with E-state index >= 15 is 0 Å². The van der Waals surface area contributed by atoms with Crippen molar-refractivity contribution in [1.82, 2.24) is 4.98 Å². The van der Waals surface area contributed by atoms with Gasteiger partial charge in [-0.3, -0.25) is 4.98 Å². The molecule has 0 N–H and O–H groups in total. The summed E-state index contributed by atoms with van der Waals surface area (Å²) >= 11 is 15.3. The number of hydrogen-bond donors (Lipinski definition) is 0. The monoisotopic (exact) mass is 475 g/mol. The first kappa shape index (κ1) is 12.9. The van der Waals surface area contributed by atoms with Gasteiger partial charge in [-0.15, -0.1) is 0 Å². The molecule has 2 rings (SSSR count). The van der Waals surface area contributed by atoms with Crippen molar-refractivity contribution >= 4 is 77.0 Å². The largest absolute Gasteiger partial charge is 0.495 e. The van der Waals surface area contributed by atoms with Crippen LogP contribution in [0.15, 0.2) is 21.2 Å². The second-order valence-electron chi connectivity index (χ2n) is 3.02. The number of benzene rings is 1. The van der Waals surface area contributed by atoms with Crippen molar-refractivity contribution in [2.45, 2.75) is 0 Å². The molecule has 0 aliphatic carbocycles. The van der Waals surface area contributed by atoms with Crippen LogP contribution < -0.4 is 4.74 Å². The van der Waals surface area contributed by atoms with Gasteiger partial charge in [0.1, 0.15) is 5.75 Å². The molecule has 0 unspecified atom stereocenters. The maximum atomic E-state index is 6.28. The normalized spacial score (nSPS) is 10.8. The predicted molar refractivity (Wildman–Crippen MR) is 81.4 cm³/mol. The van der Waals surface area contributed by atoms with E-state index in [-0.39, 0.29) is 0 Å². The average Bonchev–Trinajstić information content (AvgIpc) is 2.24. The summed E-state index contributed by atoms with van der Waals surface area (Å²) in [6.07, 6.45) is 1.74. The van der Waals surface area contributed by atoms with Crippen LogP contribution in [0.25, 0.3) is 10.9 Å². The molecule has 0 fully saturated rings. The number of halogens is 4. The standard InChI is InChI=1S/C10H5Br2ClINO/c1-16-10-5(12)2-4(11)9-7(10)8(13)6(14)3-15-9/h2-3H,1H3. The van der Waals surface area contributed by atoms with Crippen molar-refractivity contribution in [3.8, 4) is 5.75 Å². The molecular formula is C10H5Br2ClINO. The number of aromatic nitrogens is 1. The van der Waals surface area contributed by atoms with E-state index in [1.54, 1.807) is 13.3 Å². The second-order valence-corrected chi connectivity index (χ2v) is 6.27. The molecule has 0 amide bonds. The van der Waals surface area contributed by atoms with Crippen molar-refractivity contribution in [3.05, 3.63) is 29.8 Å². The van der Waals surface area contributed by atoms with Crippen molar-refractivity contribution in [2.24, 2.45) is 0 Å². The van der Waals surface area contributed by atoms with E-state index in [9.17, 15) is 0 Å². The van der Waals surface area contributed by atoms with Gasteiger partial charge in [0.2, 0.25) is 0 Å². The molecule has 16 heavy (non-hydrogen) atoms. The highest BCUT2D eigenvalue weighted by atomic mass is 127. The summed E-state index contributed by atoms with van der Waals surface area (Å²) in [4.78, 5) is 4.35. The van der Waals surface area contributed by atoms with Gasteiger partial charge in [0.05, 0.1) is 31.1 Å². The number of methoxy groups -OCH3 is 1. The van der Waals surface area contributed by atoms with Gasteiger partial charge in [-0.25, -0.2) is 0 Å². The van der Waals surface area contributed by atoms with Gasteiger partial charge < -0.3 is 4.74 Å². The Morgan fingerprint density at radius 2 is 2.06 bits per heavy atom. The van der Waals surface area contributed by atoms with Crippen LogP contribution in [0.5, 0.6) is 5.75 Å². The Labute approximate surface area is 128 Å². The Balaban J connectivity index is 3.01. The van der Waals surface area contributed by atoms with E-state index in [2.05, 4.69) is 59.4 Å². The number of ether oxygens (including phenoxy) is 1. The average molecular weight is 477 g/mol. The fraction of sp³-hybridized carbons (Fsp3) is 0.100. The van der Waals surface area contributed by atoms with Gasteiger partial charge in [0.15, 0.2) is 0 Å². The zero-order valence-electron chi connectivity index (χ0n) is 8.02. The minimum Gasteiger partial charge on any atom is -0.495 e. The number of fused-ring (bicyclic) bond motifs is 1. The number of nitrogens with zero attached hydrogens (tertiary/aromatic N) is 1. The molecule has 1 aromatic heterocycles. The molecule has 0 aliphatic heterocycles. The summed E-state index contributed by atoms with van der Waals surface area (Å²) in [6.45, 7) is 0. The van der Waals surface area contributed by atoms with E-state index in [0.717, 1.165) is 23.4 Å². The molecule has 1 aromatic carbocycles. The predicted octanol–water partition coefficient (Wildman–Crippen LogP) is 5.03. The van der Waals surface area contributed by atoms with Gasteiger partial charge in [0.25, 0.3) is 0 Å². The molecule has 2 nitrogen and oxygen atoms in total. The van der Waals surface area contributed by atoms with Crippen LogP contribution in [0.1, 0.15) is 0 Å². The molecule has 6 heteroatoms. The van der Waals surface area contributed by atoms with E-state index in [4.69, 9.17) is 16.3 Å². The van der Waals surface area contributed by atoms with Crippen molar-refractivity contribution in [3.63, 3.8) is 0 Å². The minimum atomic E-state index is 0.657. The van der Waals surface area contributed by atoms with Gasteiger partial charge in [-0.05, 0) is 60.5 Å². The molecule has 0 saturated carbocycles. The van der Waals surface area contributed by atoms with Gasteiger partial charge >= 0.3 is 0 Å². The minimum absolute atomic E-state index is 0.657. The molecule has 0 atom stereocenters. The fourth-order valence-electron chi connectivity index (χ4n) is 1.42. The fourth-order valence-corrected chi connectivity index (χ4v) is 3.48. The lowest BCUT2D eigenvalue weighted by Crippen LogP contribution is -1.92. The van der Waals surface area contributed by atoms with Crippen LogP contribution in [0.2, 0.25) is 5.02 Å². The van der Waals surface area contributed by atoms with Gasteiger partial charge in [-0.2, -0.15) is 0 Å². The third kappa shape index (κ3) is 2.07. The molecular weight excluding hydrogens is 472 g/mol. The van der Waals surface area contributed by atoms with E-state index in [0.29, 0.717) is 10.8 Å². The van der Waals surface area contributed by atoms with E-state index in [1.165, 1.54) is 0 Å². The topological polar surface area (TPSA) is 22.1 Å². The maximum Gasteiger partial charge on any atom is 0.144 e. The third-order valence-corrected chi connectivity index (χ3v) is 4.82. The number of rotatable bonds is 1. The third-order valence-electron chi connectivity index (χ3n) is 2.10. The molecule has 1 heterocycles. The first-order valence-corrected chi connectivity index (χ1v) is 7.26. The van der Waals surface area contributed by atoms with Crippen LogP contribution in [0.4, 0.5) is 0 Å². The van der Waals surface area contributed by atoms with Crippen molar-refractivity contribution < 1.29 is 4.74 Å².